The fraction of sp³-hybridized carbons (Fsp3) is 0.176. The molecule has 24 heavy (non-hydrogen) atoms. The molecule has 0 radical (unpaired) electrons. The number of benzene rings is 2. The molecule has 2 aromatic rings. The van der Waals surface area contributed by atoms with Crippen molar-refractivity contribution in [3.63, 3.8) is 0 Å². The number of ether oxygens (including phenoxy) is 2. The number of methoxy groups -OCH3 is 2. The molecule has 5 nitrogen and oxygen atoms in total. The van der Waals surface area contributed by atoms with Gasteiger partial charge in [0.2, 0.25) is 0 Å². The summed E-state index contributed by atoms with van der Waals surface area (Å²) in [6, 6.07) is 8.51. The van der Waals surface area contributed by atoms with E-state index in [1.807, 2.05) is 6.07 Å². The van der Waals surface area contributed by atoms with Crippen molar-refractivity contribution >= 4 is 5.91 Å². The smallest absolute Gasteiger partial charge is 0.252 e. The Morgan fingerprint density at radius 2 is 1.92 bits per heavy atom. The van der Waals surface area contributed by atoms with Crippen LogP contribution in [-0.4, -0.2) is 20.1 Å². The van der Waals surface area contributed by atoms with E-state index in [0.717, 1.165) is 18.2 Å². The highest BCUT2D eigenvalue weighted by Gasteiger charge is 2.21. The lowest BCUT2D eigenvalue weighted by molar-refractivity contribution is 0.0944. The summed E-state index contributed by atoms with van der Waals surface area (Å²) in [5.74, 6) is -2.22. The summed E-state index contributed by atoms with van der Waals surface area (Å²) < 4.78 is 36.6. The van der Waals surface area contributed by atoms with Crippen LogP contribution in [0.5, 0.6) is 11.5 Å². The summed E-state index contributed by atoms with van der Waals surface area (Å²) in [5, 5.41) is 11.8. The molecule has 1 amide bonds. The number of halogens is 2. The zero-order valence-corrected chi connectivity index (χ0v) is 13.0. The number of nitrogens with one attached hydrogen (secondary N) is 1. The topological polar surface area (TPSA) is 71.3 Å². The van der Waals surface area contributed by atoms with E-state index < -0.39 is 23.6 Å². The molecule has 2 rings (SSSR count). The van der Waals surface area contributed by atoms with Crippen molar-refractivity contribution < 1.29 is 23.0 Å². The molecule has 0 aliphatic rings. The molecule has 0 aromatic heterocycles. The molecule has 0 saturated carbocycles. The number of carbonyl (C=O) groups is 1. The predicted octanol–water partition coefficient (Wildman–Crippen LogP) is 2.98. The Morgan fingerprint density at radius 3 is 2.50 bits per heavy atom. The largest absolute Gasteiger partial charge is 0.493 e. The Kier molecular flexibility index (Phi) is 5.32. The van der Waals surface area contributed by atoms with Crippen LogP contribution in [0.15, 0.2) is 36.4 Å². The van der Waals surface area contributed by atoms with Crippen LogP contribution in [0.25, 0.3) is 0 Å². The van der Waals surface area contributed by atoms with E-state index in [1.54, 1.807) is 18.2 Å². The minimum absolute atomic E-state index is 0.101. The Balaban J connectivity index is 2.31. The third kappa shape index (κ3) is 3.43. The van der Waals surface area contributed by atoms with Crippen molar-refractivity contribution in [2.75, 3.05) is 14.2 Å². The Hall–Kier alpha value is -3.14. The van der Waals surface area contributed by atoms with E-state index in [-0.39, 0.29) is 5.56 Å². The molecule has 0 bridgehead atoms. The van der Waals surface area contributed by atoms with Gasteiger partial charge in [-0.05, 0) is 24.3 Å². The quantitative estimate of drug-likeness (QED) is 0.914. The highest BCUT2D eigenvalue weighted by atomic mass is 19.2. The average molecular weight is 332 g/mol. The number of nitriles is 1. The molecular weight excluding hydrogens is 318 g/mol. The zero-order chi connectivity index (χ0) is 17.7. The van der Waals surface area contributed by atoms with Crippen molar-refractivity contribution in [1.82, 2.24) is 5.32 Å². The summed E-state index contributed by atoms with van der Waals surface area (Å²) in [5.41, 5.74) is 0.284. The second kappa shape index (κ2) is 7.42. The molecule has 0 aliphatic heterocycles. The molecule has 0 spiro atoms. The monoisotopic (exact) mass is 332 g/mol. The van der Waals surface area contributed by atoms with E-state index >= 15 is 0 Å². The lowest BCUT2D eigenvalue weighted by Gasteiger charge is -2.17. The first-order valence-corrected chi connectivity index (χ1v) is 6.88. The summed E-state index contributed by atoms with van der Waals surface area (Å²) in [6.45, 7) is 0. The highest BCUT2D eigenvalue weighted by molar-refractivity contribution is 5.94. The van der Waals surface area contributed by atoms with Crippen LogP contribution >= 0.6 is 0 Å². The van der Waals surface area contributed by atoms with E-state index in [4.69, 9.17) is 9.47 Å². The van der Waals surface area contributed by atoms with Gasteiger partial charge in [0, 0.05) is 11.1 Å². The molecule has 0 unspecified atom stereocenters. The van der Waals surface area contributed by atoms with Crippen molar-refractivity contribution in [1.29, 1.82) is 5.26 Å². The van der Waals surface area contributed by atoms with Gasteiger partial charge in [-0.1, -0.05) is 12.1 Å². The van der Waals surface area contributed by atoms with Crippen LogP contribution < -0.4 is 14.8 Å². The van der Waals surface area contributed by atoms with Crippen molar-refractivity contribution in [2.45, 2.75) is 6.04 Å². The maximum atomic E-state index is 13.2. The number of nitrogens with zero attached hydrogens (tertiary/aromatic N) is 1. The molecule has 124 valence electrons. The Morgan fingerprint density at radius 1 is 1.17 bits per heavy atom. The van der Waals surface area contributed by atoms with Crippen LogP contribution in [0.1, 0.15) is 22.0 Å². The maximum absolute atomic E-state index is 13.2. The van der Waals surface area contributed by atoms with Crippen LogP contribution in [0.3, 0.4) is 0 Å². The van der Waals surface area contributed by atoms with Crippen molar-refractivity contribution in [2.24, 2.45) is 0 Å². The van der Waals surface area contributed by atoms with E-state index in [1.165, 1.54) is 14.2 Å². The lowest BCUT2D eigenvalue weighted by Crippen LogP contribution is -2.28. The summed E-state index contributed by atoms with van der Waals surface area (Å²) in [6.07, 6.45) is 0. The number of hydrogen-bond donors (Lipinski definition) is 1. The molecule has 2 aromatic carbocycles. The van der Waals surface area contributed by atoms with Gasteiger partial charge >= 0.3 is 0 Å². The van der Waals surface area contributed by atoms with Crippen LogP contribution in [0.2, 0.25) is 0 Å². The van der Waals surface area contributed by atoms with E-state index in [9.17, 15) is 18.8 Å². The molecule has 0 heterocycles. The first-order chi connectivity index (χ1) is 11.5. The third-order valence-electron chi connectivity index (χ3n) is 3.33. The van der Waals surface area contributed by atoms with E-state index in [0.29, 0.717) is 17.1 Å². The predicted molar refractivity (Wildman–Crippen MR) is 81.7 cm³/mol. The molecular formula is C17H14F2N2O3. The van der Waals surface area contributed by atoms with Crippen LogP contribution in [0, 0.1) is 23.0 Å². The van der Waals surface area contributed by atoms with Crippen LogP contribution in [0.4, 0.5) is 8.78 Å². The molecule has 1 atom stereocenters. The van der Waals surface area contributed by atoms with Gasteiger partial charge in [-0.25, -0.2) is 8.78 Å². The molecule has 1 N–H and O–H groups in total. The number of hydrogen-bond acceptors (Lipinski definition) is 4. The third-order valence-corrected chi connectivity index (χ3v) is 3.33. The van der Waals surface area contributed by atoms with Gasteiger partial charge in [-0.2, -0.15) is 5.26 Å². The SMILES string of the molecule is COc1cccc([C@@H](C#N)NC(=O)c2ccc(F)c(F)c2)c1OC. The van der Waals surface area contributed by atoms with Crippen molar-refractivity contribution in [3.8, 4) is 17.6 Å². The van der Waals surface area contributed by atoms with Gasteiger partial charge < -0.3 is 14.8 Å². The van der Waals surface area contributed by atoms with Gasteiger partial charge in [-0.15, -0.1) is 0 Å². The van der Waals surface area contributed by atoms with E-state index in [2.05, 4.69) is 5.32 Å². The standard InChI is InChI=1S/C17H14F2N2O3/c1-23-15-5-3-4-11(16(15)24-2)14(9-20)21-17(22)10-6-7-12(18)13(19)8-10/h3-8,14H,1-2H3,(H,21,22)/t14-/m1/s1. The average Bonchev–Trinajstić information content (AvgIpc) is 2.60. The zero-order valence-electron chi connectivity index (χ0n) is 13.0. The first kappa shape index (κ1) is 17.2. The number of para-hydroxylation sites is 1. The molecule has 0 aliphatic carbocycles. The van der Waals surface area contributed by atoms with Crippen molar-refractivity contribution in [3.05, 3.63) is 59.2 Å². The minimum atomic E-state index is -1.14. The normalized spacial score (nSPS) is 11.3. The van der Waals surface area contributed by atoms with Gasteiger partial charge in [0.25, 0.3) is 5.91 Å². The van der Waals surface area contributed by atoms with Gasteiger partial charge in [0.15, 0.2) is 23.1 Å². The summed E-state index contributed by atoms with van der Waals surface area (Å²) >= 11 is 0. The van der Waals surface area contributed by atoms with Gasteiger partial charge in [0.1, 0.15) is 6.04 Å². The maximum Gasteiger partial charge on any atom is 0.252 e. The molecule has 7 heteroatoms. The Bertz CT molecular complexity index is 803. The second-order valence-electron chi connectivity index (χ2n) is 4.75. The lowest BCUT2D eigenvalue weighted by atomic mass is 10.1. The van der Waals surface area contributed by atoms with Crippen LogP contribution in [-0.2, 0) is 0 Å². The summed E-state index contributed by atoms with van der Waals surface area (Å²) in [4.78, 5) is 12.2. The Labute approximate surface area is 137 Å². The fourth-order valence-corrected chi connectivity index (χ4v) is 2.17. The number of rotatable bonds is 5. The number of amides is 1. The molecule has 0 fully saturated rings. The fourth-order valence-electron chi connectivity index (χ4n) is 2.17. The van der Waals surface area contributed by atoms with Gasteiger partial charge in [0.05, 0.1) is 20.3 Å². The number of carbonyl (C=O) groups excluding carboxylic acids is 1. The highest BCUT2D eigenvalue weighted by Crippen LogP contribution is 2.34. The second-order valence-corrected chi connectivity index (χ2v) is 4.75. The minimum Gasteiger partial charge on any atom is -0.493 e. The van der Waals surface area contributed by atoms with Gasteiger partial charge in [-0.3, -0.25) is 4.79 Å². The molecule has 0 saturated heterocycles. The summed E-state index contributed by atoms with van der Waals surface area (Å²) in [7, 11) is 2.86. The first-order valence-electron chi connectivity index (χ1n) is 6.88.